The van der Waals surface area contributed by atoms with E-state index in [-0.39, 0.29) is 11.1 Å². The molecule has 192 valence electrons. The van der Waals surface area contributed by atoms with Gasteiger partial charge in [-0.25, -0.2) is 4.98 Å². The molecule has 0 radical (unpaired) electrons. The first-order chi connectivity index (χ1) is 18.2. The average molecular weight is 515 g/mol. The Labute approximate surface area is 218 Å². The number of carbonyl (C=O) groups is 1. The van der Waals surface area contributed by atoms with Crippen LogP contribution in [0.15, 0.2) is 85.1 Å². The Morgan fingerprint density at radius 1 is 0.947 bits per heavy atom. The molecule has 0 saturated carbocycles. The zero-order valence-electron chi connectivity index (χ0n) is 20.9. The molecule has 0 aliphatic carbocycles. The molecular formula is C30H25F3N4O. The van der Waals surface area contributed by atoms with Gasteiger partial charge in [-0.2, -0.15) is 13.2 Å². The molecule has 0 aliphatic rings. The van der Waals surface area contributed by atoms with Crippen molar-refractivity contribution in [2.45, 2.75) is 33.0 Å². The van der Waals surface area contributed by atoms with Gasteiger partial charge in [-0.15, -0.1) is 0 Å². The third kappa shape index (κ3) is 5.16. The first kappa shape index (κ1) is 25.2. The third-order valence-electron chi connectivity index (χ3n) is 6.51. The molecular weight excluding hydrogens is 489 g/mol. The summed E-state index contributed by atoms with van der Waals surface area (Å²) in [6.07, 6.45) is -2.08. The number of amides is 1. The number of halogens is 3. The van der Waals surface area contributed by atoms with Crippen LogP contribution in [0.25, 0.3) is 22.2 Å². The number of anilines is 1. The van der Waals surface area contributed by atoms with E-state index >= 15 is 0 Å². The van der Waals surface area contributed by atoms with Crippen LogP contribution in [0.1, 0.15) is 33.0 Å². The zero-order valence-corrected chi connectivity index (χ0v) is 20.9. The van der Waals surface area contributed by atoms with Gasteiger partial charge < -0.3 is 9.88 Å². The Morgan fingerprint density at radius 3 is 2.42 bits per heavy atom. The highest BCUT2D eigenvalue weighted by Crippen LogP contribution is 2.36. The second-order valence-electron chi connectivity index (χ2n) is 9.12. The summed E-state index contributed by atoms with van der Waals surface area (Å²) in [5.41, 5.74) is 3.28. The molecule has 0 atom stereocenters. The lowest BCUT2D eigenvalue weighted by atomic mass is 9.93. The van der Waals surface area contributed by atoms with E-state index in [2.05, 4.69) is 19.9 Å². The Balaban J connectivity index is 1.46. The van der Waals surface area contributed by atoms with E-state index in [0.29, 0.717) is 28.9 Å². The van der Waals surface area contributed by atoms with Crippen molar-refractivity contribution < 1.29 is 18.0 Å². The second kappa shape index (κ2) is 10.1. The molecule has 2 heterocycles. The third-order valence-corrected chi connectivity index (χ3v) is 6.51. The van der Waals surface area contributed by atoms with Gasteiger partial charge in [0.25, 0.3) is 5.91 Å². The SMILES string of the molecule is Cc1cc(-c2ccccc2)c(C(=O)Nc2ccc3c(c2)nc(C)n3CCc2ccccn2)cc1C(F)(F)F. The fourth-order valence-electron chi connectivity index (χ4n) is 4.64. The molecule has 1 N–H and O–H groups in total. The predicted molar refractivity (Wildman–Crippen MR) is 142 cm³/mol. The van der Waals surface area contributed by atoms with Gasteiger partial charge in [0.15, 0.2) is 0 Å². The van der Waals surface area contributed by atoms with Crippen LogP contribution < -0.4 is 5.32 Å². The number of aromatic nitrogens is 3. The zero-order chi connectivity index (χ0) is 26.9. The molecule has 1 amide bonds. The van der Waals surface area contributed by atoms with Crippen molar-refractivity contribution in [3.05, 3.63) is 113 Å². The van der Waals surface area contributed by atoms with Gasteiger partial charge in [0.1, 0.15) is 5.82 Å². The van der Waals surface area contributed by atoms with Crippen LogP contribution in [0.2, 0.25) is 0 Å². The number of alkyl halides is 3. The lowest BCUT2D eigenvalue weighted by Gasteiger charge is -2.17. The predicted octanol–water partition coefficient (Wildman–Crippen LogP) is 7.23. The minimum absolute atomic E-state index is 0.0497. The molecule has 5 aromatic rings. The first-order valence-corrected chi connectivity index (χ1v) is 12.2. The number of fused-ring (bicyclic) bond motifs is 1. The number of rotatable bonds is 6. The molecule has 2 aromatic heterocycles. The van der Waals surface area contributed by atoms with E-state index in [4.69, 9.17) is 0 Å². The van der Waals surface area contributed by atoms with Crippen LogP contribution in [0.5, 0.6) is 0 Å². The highest BCUT2D eigenvalue weighted by Gasteiger charge is 2.34. The van der Waals surface area contributed by atoms with Crippen molar-refractivity contribution in [3.63, 3.8) is 0 Å². The summed E-state index contributed by atoms with van der Waals surface area (Å²) >= 11 is 0. The Hall–Kier alpha value is -4.46. The molecule has 0 unspecified atom stereocenters. The number of benzene rings is 3. The summed E-state index contributed by atoms with van der Waals surface area (Å²) in [5.74, 6) is 0.194. The largest absolute Gasteiger partial charge is 0.416 e. The second-order valence-corrected chi connectivity index (χ2v) is 9.12. The Bertz CT molecular complexity index is 1610. The molecule has 0 bridgehead atoms. The minimum Gasteiger partial charge on any atom is -0.328 e. The van der Waals surface area contributed by atoms with E-state index in [1.165, 1.54) is 13.0 Å². The molecule has 3 aromatic carbocycles. The number of nitrogens with one attached hydrogen (secondary N) is 1. The van der Waals surface area contributed by atoms with Crippen molar-refractivity contribution in [2.24, 2.45) is 0 Å². The van der Waals surface area contributed by atoms with Crippen LogP contribution in [0.3, 0.4) is 0 Å². The number of hydrogen-bond acceptors (Lipinski definition) is 3. The highest BCUT2D eigenvalue weighted by atomic mass is 19.4. The number of hydrogen-bond donors (Lipinski definition) is 1. The van der Waals surface area contributed by atoms with Gasteiger partial charge in [-0.05, 0) is 66.9 Å². The molecule has 0 saturated heterocycles. The van der Waals surface area contributed by atoms with E-state index in [0.717, 1.165) is 29.5 Å². The van der Waals surface area contributed by atoms with Gasteiger partial charge in [-0.3, -0.25) is 9.78 Å². The number of imidazole rings is 1. The molecule has 0 spiro atoms. The quantitative estimate of drug-likeness (QED) is 0.260. The summed E-state index contributed by atoms with van der Waals surface area (Å²) < 4.78 is 43.2. The van der Waals surface area contributed by atoms with Crippen LogP contribution in [-0.4, -0.2) is 20.4 Å². The van der Waals surface area contributed by atoms with E-state index < -0.39 is 17.6 Å². The van der Waals surface area contributed by atoms with E-state index in [9.17, 15) is 18.0 Å². The van der Waals surface area contributed by atoms with Crippen molar-refractivity contribution in [1.82, 2.24) is 14.5 Å². The molecule has 0 fully saturated rings. The molecule has 38 heavy (non-hydrogen) atoms. The lowest BCUT2D eigenvalue weighted by Crippen LogP contribution is -2.16. The minimum atomic E-state index is -4.58. The molecule has 8 heteroatoms. The fourth-order valence-corrected chi connectivity index (χ4v) is 4.64. The van der Waals surface area contributed by atoms with Crippen molar-refractivity contribution in [3.8, 4) is 11.1 Å². The molecule has 0 aliphatic heterocycles. The Kier molecular flexibility index (Phi) is 6.72. The van der Waals surface area contributed by atoms with E-state index in [1.807, 2.05) is 37.3 Å². The van der Waals surface area contributed by atoms with Crippen molar-refractivity contribution in [1.29, 1.82) is 0 Å². The van der Waals surface area contributed by atoms with Gasteiger partial charge in [0.05, 0.1) is 16.6 Å². The number of aryl methyl sites for hydroxylation is 4. The van der Waals surface area contributed by atoms with Crippen LogP contribution >= 0.6 is 0 Å². The van der Waals surface area contributed by atoms with Crippen LogP contribution in [0, 0.1) is 13.8 Å². The fraction of sp³-hybridized carbons (Fsp3) is 0.167. The summed E-state index contributed by atoms with van der Waals surface area (Å²) in [5, 5.41) is 2.78. The first-order valence-electron chi connectivity index (χ1n) is 12.2. The van der Waals surface area contributed by atoms with Gasteiger partial charge in [0, 0.05) is 36.1 Å². The number of pyridine rings is 1. The molecule has 5 rings (SSSR count). The van der Waals surface area contributed by atoms with Gasteiger partial charge in [0.2, 0.25) is 0 Å². The lowest BCUT2D eigenvalue weighted by molar-refractivity contribution is -0.138. The highest BCUT2D eigenvalue weighted by molar-refractivity contribution is 6.09. The van der Waals surface area contributed by atoms with Crippen LogP contribution in [0.4, 0.5) is 18.9 Å². The number of carbonyl (C=O) groups excluding carboxylic acids is 1. The molecule has 5 nitrogen and oxygen atoms in total. The normalized spacial score (nSPS) is 11.6. The van der Waals surface area contributed by atoms with Gasteiger partial charge >= 0.3 is 6.18 Å². The summed E-state index contributed by atoms with van der Waals surface area (Å²) in [4.78, 5) is 22.4. The maximum atomic E-state index is 13.7. The number of nitrogens with zero attached hydrogens (tertiary/aromatic N) is 3. The summed E-state index contributed by atoms with van der Waals surface area (Å²) in [7, 11) is 0. The Morgan fingerprint density at radius 2 is 1.71 bits per heavy atom. The average Bonchev–Trinajstić information content (AvgIpc) is 3.21. The monoisotopic (exact) mass is 514 g/mol. The maximum Gasteiger partial charge on any atom is 0.416 e. The van der Waals surface area contributed by atoms with Gasteiger partial charge in [-0.1, -0.05) is 42.5 Å². The standard InChI is InChI=1S/C30H25F3N4O/c1-19-16-24(21-8-4-3-5-9-21)25(18-26(19)30(31,32)33)29(38)36-23-11-12-28-27(17-23)35-20(2)37(28)15-13-22-10-6-7-14-34-22/h3-12,14,16-18H,13,15H2,1-2H3,(H,36,38). The summed E-state index contributed by atoms with van der Waals surface area (Å²) in [6, 6.07) is 22.4. The summed E-state index contributed by atoms with van der Waals surface area (Å²) in [6.45, 7) is 4.00. The maximum absolute atomic E-state index is 13.7. The van der Waals surface area contributed by atoms with Crippen LogP contribution in [-0.2, 0) is 19.1 Å². The van der Waals surface area contributed by atoms with Crippen molar-refractivity contribution >= 4 is 22.6 Å². The topological polar surface area (TPSA) is 59.8 Å². The van der Waals surface area contributed by atoms with Crippen molar-refractivity contribution in [2.75, 3.05) is 5.32 Å². The smallest absolute Gasteiger partial charge is 0.328 e. The van der Waals surface area contributed by atoms with E-state index in [1.54, 1.807) is 42.6 Å².